The third-order valence-corrected chi connectivity index (χ3v) is 5.80. The SMILES string of the molecule is O=C(c1ccc(-c2n[nH]c3ccccc23)cc1)N1CCC(C2=NC=CC2)CC1. The van der Waals surface area contributed by atoms with Crippen molar-refractivity contribution in [1.82, 2.24) is 15.1 Å². The van der Waals surface area contributed by atoms with Gasteiger partial charge < -0.3 is 4.90 Å². The number of nitrogens with one attached hydrogen (secondary N) is 1. The third kappa shape index (κ3) is 3.03. The van der Waals surface area contributed by atoms with Gasteiger partial charge in [0.25, 0.3) is 5.91 Å². The number of aliphatic imine (C=N–C) groups is 1. The molecule has 2 aliphatic heterocycles. The number of likely N-dealkylation sites (tertiary alicyclic amines) is 1. The predicted octanol–water partition coefficient (Wildman–Crippen LogP) is 4.44. The van der Waals surface area contributed by atoms with Gasteiger partial charge in [-0.2, -0.15) is 5.10 Å². The standard InChI is InChI=1S/C23H22N4O/c28-23(27-14-11-16(12-15-27)20-6-3-13-24-20)18-9-7-17(8-10-18)22-19-4-1-2-5-21(19)25-26-22/h1-5,7-10,13,16H,6,11-12,14-15H2,(H,25,26). The molecule has 28 heavy (non-hydrogen) atoms. The molecule has 0 saturated carbocycles. The number of amides is 1. The van der Waals surface area contributed by atoms with Gasteiger partial charge in [0.2, 0.25) is 0 Å². The molecule has 5 nitrogen and oxygen atoms in total. The van der Waals surface area contributed by atoms with Crippen molar-refractivity contribution in [2.45, 2.75) is 19.3 Å². The van der Waals surface area contributed by atoms with Gasteiger partial charge in [0, 0.05) is 53.9 Å². The van der Waals surface area contributed by atoms with Crippen LogP contribution in [-0.2, 0) is 0 Å². The second-order valence-electron chi connectivity index (χ2n) is 7.47. The number of H-pyrrole nitrogens is 1. The third-order valence-electron chi connectivity index (χ3n) is 5.80. The Kier molecular flexibility index (Phi) is 4.28. The van der Waals surface area contributed by atoms with Gasteiger partial charge >= 0.3 is 0 Å². The second kappa shape index (κ2) is 7.08. The maximum absolute atomic E-state index is 12.9. The number of nitrogens with zero attached hydrogens (tertiary/aromatic N) is 3. The summed E-state index contributed by atoms with van der Waals surface area (Å²) in [5, 5.41) is 8.59. The van der Waals surface area contributed by atoms with E-state index in [1.807, 2.05) is 53.6 Å². The normalized spacial score (nSPS) is 17.3. The first kappa shape index (κ1) is 16.9. The molecule has 0 radical (unpaired) electrons. The number of piperidine rings is 1. The highest BCUT2D eigenvalue weighted by Crippen LogP contribution is 2.27. The Labute approximate surface area is 163 Å². The minimum atomic E-state index is 0.114. The van der Waals surface area contributed by atoms with Crippen molar-refractivity contribution in [3.8, 4) is 11.3 Å². The number of para-hydroxylation sites is 1. The fourth-order valence-electron chi connectivity index (χ4n) is 4.20. The molecule has 0 atom stereocenters. The van der Waals surface area contributed by atoms with Gasteiger partial charge in [0.15, 0.2) is 0 Å². The minimum Gasteiger partial charge on any atom is -0.339 e. The molecule has 5 rings (SSSR count). The number of aromatic nitrogens is 2. The van der Waals surface area contributed by atoms with Crippen molar-refractivity contribution in [2.75, 3.05) is 13.1 Å². The molecule has 2 aliphatic rings. The molecular formula is C23H22N4O. The van der Waals surface area contributed by atoms with Crippen LogP contribution in [0.15, 0.2) is 65.8 Å². The Morgan fingerprint density at radius 3 is 2.57 bits per heavy atom. The van der Waals surface area contributed by atoms with E-state index in [-0.39, 0.29) is 5.91 Å². The summed E-state index contributed by atoms with van der Waals surface area (Å²) in [6.07, 6.45) is 6.99. The van der Waals surface area contributed by atoms with Crippen LogP contribution in [0.3, 0.4) is 0 Å². The Morgan fingerprint density at radius 1 is 1.04 bits per heavy atom. The largest absolute Gasteiger partial charge is 0.339 e. The van der Waals surface area contributed by atoms with E-state index in [1.165, 1.54) is 5.71 Å². The van der Waals surface area contributed by atoms with Crippen molar-refractivity contribution in [2.24, 2.45) is 10.9 Å². The average molecular weight is 370 g/mol. The van der Waals surface area contributed by atoms with Crippen LogP contribution in [-0.4, -0.2) is 39.8 Å². The Bertz CT molecular complexity index is 1070. The lowest BCUT2D eigenvalue weighted by Crippen LogP contribution is -2.40. The molecule has 1 fully saturated rings. The molecule has 0 unspecified atom stereocenters. The summed E-state index contributed by atoms with van der Waals surface area (Å²) in [5.74, 6) is 0.637. The number of carbonyl (C=O) groups is 1. The van der Waals surface area contributed by atoms with E-state index in [2.05, 4.69) is 27.3 Å². The van der Waals surface area contributed by atoms with E-state index in [1.54, 1.807) is 0 Å². The first-order valence-corrected chi connectivity index (χ1v) is 9.84. The van der Waals surface area contributed by atoms with Crippen molar-refractivity contribution in [1.29, 1.82) is 0 Å². The van der Waals surface area contributed by atoms with Gasteiger partial charge in [-0.15, -0.1) is 0 Å². The number of hydrogen-bond acceptors (Lipinski definition) is 3. The lowest BCUT2D eigenvalue weighted by atomic mass is 9.90. The molecule has 0 spiro atoms. The summed E-state index contributed by atoms with van der Waals surface area (Å²) in [4.78, 5) is 19.3. The first-order valence-electron chi connectivity index (χ1n) is 9.84. The molecule has 0 bridgehead atoms. The number of rotatable bonds is 3. The van der Waals surface area contributed by atoms with Crippen LogP contribution < -0.4 is 0 Å². The molecule has 2 aromatic carbocycles. The lowest BCUT2D eigenvalue weighted by Gasteiger charge is -2.32. The topological polar surface area (TPSA) is 61.4 Å². The molecule has 0 aliphatic carbocycles. The van der Waals surface area contributed by atoms with Crippen LogP contribution in [0.4, 0.5) is 0 Å². The summed E-state index contributed by atoms with van der Waals surface area (Å²) >= 11 is 0. The number of aromatic amines is 1. The van der Waals surface area contributed by atoms with Crippen LogP contribution in [0.1, 0.15) is 29.6 Å². The van der Waals surface area contributed by atoms with Gasteiger partial charge in [-0.25, -0.2) is 0 Å². The number of allylic oxidation sites excluding steroid dienone is 1. The van der Waals surface area contributed by atoms with E-state index in [4.69, 9.17) is 0 Å². The van der Waals surface area contributed by atoms with Crippen LogP contribution in [0, 0.1) is 5.92 Å². The van der Waals surface area contributed by atoms with E-state index >= 15 is 0 Å². The molecule has 1 N–H and O–H groups in total. The zero-order chi connectivity index (χ0) is 18.9. The second-order valence-corrected chi connectivity index (χ2v) is 7.47. The van der Waals surface area contributed by atoms with E-state index in [0.717, 1.165) is 60.1 Å². The number of benzene rings is 2. The van der Waals surface area contributed by atoms with Crippen LogP contribution >= 0.6 is 0 Å². The Morgan fingerprint density at radius 2 is 1.82 bits per heavy atom. The van der Waals surface area contributed by atoms with Gasteiger partial charge in [-0.1, -0.05) is 36.4 Å². The highest BCUT2D eigenvalue weighted by atomic mass is 16.2. The van der Waals surface area contributed by atoms with E-state index < -0.39 is 0 Å². The quantitative estimate of drug-likeness (QED) is 0.741. The van der Waals surface area contributed by atoms with E-state index in [9.17, 15) is 4.79 Å². The van der Waals surface area contributed by atoms with Gasteiger partial charge in [0.1, 0.15) is 0 Å². The molecule has 3 heterocycles. The first-order chi connectivity index (χ1) is 13.8. The molecule has 1 aromatic heterocycles. The van der Waals surface area contributed by atoms with Gasteiger partial charge in [-0.05, 0) is 31.0 Å². The molecule has 140 valence electrons. The van der Waals surface area contributed by atoms with Gasteiger partial charge in [-0.3, -0.25) is 14.9 Å². The fraction of sp³-hybridized carbons (Fsp3) is 0.261. The highest BCUT2D eigenvalue weighted by molar-refractivity contribution is 5.97. The maximum Gasteiger partial charge on any atom is 0.253 e. The number of fused-ring (bicyclic) bond motifs is 1. The number of carbonyl (C=O) groups excluding carboxylic acids is 1. The summed E-state index contributed by atoms with van der Waals surface area (Å²) in [5.41, 5.74) is 4.97. The van der Waals surface area contributed by atoms with Crippen molar-refractivity contribution in [3.63, 3.8) is 0 Å². The monoisotopic (exact) mass is 370 g/mol. The summed E-state index contributed by atoms with van der Waals surface area (Å²) in [6, 6.07) is 15.9. The molecule has 1 saturated heterocycles. The van der Waals surface area contributed by atoms with Crippen molar-refractivity contribution < 1.29 is 4.79 Å². The summed E-state index contributed by atoms with van der Waals surface area (Å²) < 4.78 is 0. The Balaban J connectivity index is 1.29. The summed E-state index contributed by atoms with van der Waals surface area (Å²) in [6.45, 7) is 1.60. The average Bonchev–Trinajstić information content (AvgIpc) is 3.44. The van der Waals surface area contributed by atoms with Crippen molar-refractivity contribution >= 4 is 22.5 Å². The molecular weight excluding hydrogens is 348 g/mol. The van der Waals surface area contributed by atoms with E-state index in [0.29, 0.717) is 5.92 Å². The van der Waals surface area contributed by atoms with Crippen LogP contribution in [0.2, 0.25) is 0 Å². The number of hydrogen-bond donors (Lipinski definition) is 1. The fourth-order valence-corrected chi connectivity index (χ4v) is 4.20. The van der Waals surface area contributed by atoms with Gasteiger partial charge in [0.05, 0.1) is 11.2 Å². The predicted molar refractivity (Wildman–Crippen MR) is 111 cm³/mol. The smallest absolute Gasteiger partial charge is 0.253 e. The molecule has 5 heteroatoms. The molecule has 1 amide bonds. The Hall–Kier alpha value is -3.21. The molecule has 3 aromatic rings. The minimum absolute atomic E-state index is 0.114. The van der Waals surface area contributed by atoms with Crippen LogP contribution in [0.25, 0.3) is 22.2 Å². The van der Waals surface area contributed by atoms with Crippen LogP contribution in [0.5, 0.6) is 0 Å². The zero-order valence-corrected chi connectivity index (χ0v) is 15.6. The maximum atomic E-state index is 12.9. The zero-order valence-electron chi connectivity index (χ0n) is 15.6. The van der Waals surface area contributed by atoms with Crippen molar-refractivity contribution in [3.05, 3.63) is 66.4 Å². The lowest BCUT2D eigenvalue weighted by molar-refractivity contribution is 0.0710. The highest BCUT2D eigenvalue weighted by Gasteiger charge is 2.26. The summed E-state index contributed by atoms with van der Waals surface area (Å²) in [7, 11) is 0.